The van der Waals surface area contributed by atoms with Gasteiger partial charge in [0.25, 0.3) is 0 Å². The van der Waals surface area contributed by atoms with Crippen molar-refractivity contribution in [2.24, 2.45) is 7.05 Å². The minimum atomic E-state index is -0.336. The normalized spacial score (nSPS) is 12.0. The summed E-state index contributed by atoms with van der Waals surface area (Å²) >= 11 is 7.26. The fourth-order valence-electron chi connectivity index (χ4n) is 1.60. The fraction of sp³-hybridized carbons (Fsp3) is 0.308. The molecular weight excluding hydrogens is 312 g/mol. The minimum absolute atomic E-state index is 0.163. The Morgan fingerprint density at radius 3 is 2.90 bits per heavy atom. The molecule has 2 rings (SSSR count). The van der Waals surface area contributed by atoms with E-state index in [4.69, 9.17) is 16.3 Å². The van der Waals surface area contributed by atoms with Crippen LogP contribution in [0.4, 0.5) is 5.69 Å². The molecule has 0 spiro atoms. The van der Waals surface area contributed by atoms with Crippen molar-refractivity contribution in [1.29, 1.82) is 0 Å². The van der Waals surface area contributed by atoms with Gasteiger partial charge in [-0.2, -0.15) is 0 Å². The highest BCUT2D eigenvalue weighted by Gasteiger charge is 2.18. The Morgan fingerprint density at radius 2 is 2.29 bits per heavy atom. The van der Waals surface area contributed by atoms with Crippen LogP contribution >= 0.6 is 23.4 Å². The topological polar surface area (TPSA) is 69.0 Å². The number of hydrogen-bond donors (Lipinski definition) is 1. The number of ether oxygens (including phenoxy) is 1. The molecule has 0 saturated carbocycles. The highest BCUT2D eigenvalue weighted by molar-refractivity contribution is 8.00. The molecule has 0 aliphatic heterocycles. The number of anilines is 1. The van der Waals surface area contributed by atoms with Crippen molar-refractivity contribution >= 4 is 35.0 Å². The number of rotatable bonds is 5. The number of amides is 1. The highest BCUT2D eigenvalue weighted by atomic mass is 35.5. The molecule has 0 unspecified atom stereocenters. The molecule has 2 aromatic rings. The standard InChI is InChI=1S/C13H15ClN4O2S/c1-8(21-13-17-15-7-18(13)2)12(19)16-10-6-9(14)4-5-11(10)20-3/h4-8H,1-3H3,(H,16,19)/t8-/m1/s1. The summed E-state index contributed by atoms with van der Waals surface area (Å²) < 4.78 is 6.96. The predicted molar refractivity (Wildman–Crippen MR) is 83.0 cm³/mol. The van der Waals surface area contributed by atoms with Gasteiger partial charge in [-0.25, -0.2) is 0 Å². The zero-order valence-corrected chi connectivity index (χ0v) is 13.4. The van der Waals surface area contributed by atoms with Gasteiger partial charge < -0.3 is 14.6 Å². The Balaban J connectivity index is 2.07. The molecule has 1 aromatic heterocycles. The maximum Gasteiger partial charge on any atom is 0.237 e. The molecule has 0 aliphatic rings. The van der Waals surface area contributed by atoms with E-state index in [-0.39, 0.29) is 11.2 Å². The minimum Gasteiger partial charge on any atom is -0.495 e. The van der Waals surface area contributed by atoms with Crippen LogP contribution in [0.25, 0.3) is 0 Å². The smallest absolute Gasteiger partial charge is 0.237 e. The van der Waals surface area contributed by atoms with Gasteiger partial charge in [-0.3, -0.25) is 4.79 Å². The fourth-order valence-corrected chi connectivity index (χ4v) is 2.57. The first-order chi connectivity index (χ1) is 10.0. The van der Waals surface area contributed by atoms with E-state index in [2.05, 4.69) is 15.5 Å². The molecule has 0 fully saturated rings. The van der Waals surface area contributed by atoms with E-state index in [0.29, 0.717) is 21.6 Å². The summed E-state index contributed by atoms with van der Waals surface area (Å²) in [5.74, 6) is 0.396. The molecule has 1 N–H and O–H groups in total. The lowest BCUT2D eigenvalue weighted by Crippen LogP contribution is -2.23. The van der Waals surface area contributed by atoms with Gasteiger partial charge >= 0.3 is 0 Å². The van der Waals surface area contributed by atoms with Gasteiger partial charge in [0.1, 0.15) is 12.1 Å². The summed E-state index contributed by atoms with van der Waals surface area (Å²) in [6, 6.07) is 5.06. The molecule has 112 valence electrons. The third kappa shape index (κ3) is 3.89. The van der Waals surface area contributed by atoms with Crippen molar-refractivity contribution in [1.82, 2.24) is 14.8 Å². The van der Waals surface area contributed by atoms with Gasteiger partial charge in [0, 0.05) is 12.1 Å². The second kappa shape index (κ2) is 6.82. The molecular formula is C13H15ClN4O2S. The summed E-state index contributed by atoms with van der Waals surface area (Å²) in [6.45, 7) is 1.80. The van der Waals surface area contributed by atoms with Crippen LogP contribution in [-0.4, -0.2) is 33.0 Å². The quantitative estimate of drug-likeness (QED) is 0.855. The number of hydrogen-bond acceptors (Lipinski definition) is 5. The number of nitrogens with zero attached hydrogens (tertiary/aromatic N) is 3. The lowest BCUT2D eigenvalue weighted by molar-refractivity contribution is -0.115. The Labute approximate surface area is 131 Å². The van der Waals surface area contributed by atoms with Crippen LogP contribution in [0.2, 0.25) is 5.02 Å². The third-order valence-electron chi connectivity index (χ3n) is 2.74. The van der Waals surface area contributed by atoms with Crippen molar-refractivity contribution in [3.8, 4) is 5.75 Å². The van der Waals surface area contributed by atoms with Crippen LogP contribution < -0.4 is 10.1 Å². The Hall–Kier alpha value is -1.73. The maximum absolute atomic E-state index is 12.2. The second-order valence-corrected chi connectivity index (χ2v) is 6.06. The number of benzene rings is 1. The van der Waals surface area contributed by atoms with Gasteiger partial charge in [-0.05, 0) is 25.1 Å². The Bertz CT molecular complexity index is 647. The molecule has 1 amide bonds. The number of carbonyl (C=O) groups is 1. The Morgan fingerprint density at radius 1 is 1.52 bits per heavy atom. The summed E-state index contributed by atoms with van der Waals surface area (Å²) in [6.07, 6.45) is 1.59. The molecule has 1 aromatic carbocycles. The van der Waals surface area contributed by atoms with E-state index in [9.17, 15) is 4.79 Å². The maximum atomic E-state index is 12.2. The predicted octanol–water partition coefficient (Wildman–Crippen LogP) is 2.60. The van der Waals surface area contributed by atoms with Gasteiger partial charge in [-0.1, -0.05) is 23.4 Å². The summed E-state index contributed by atoms with van der Waals surface area (Å²) in [4.78, 5) is 12.2. The van der Waals surface area contributed by atoms with Gasteiger partial charge in [0.15, 0.2) is 5.16 Å². The van der Waals surface area contributed by atoms with Gasteiger partial charge in [0.2, 0.25) is 5.91 Å². The largest absolute Gasteiger partial charge is 0.495 e. The van der Waals surface area contributed by atoms with Crippen LogP contribution in [0.1, 0.15) is 6.92 Å². The molecule has 0 aliphatic carbocycles. The third-order valence-corrected chi connectivity index (χ3v) is 4.12. The van der Waals surface area contributed by atoms with Crippen molar-refractivity contribution < 1.29 is 9.53 Å². The van der Waals surface area contributed by atoms with Gasteiger partial charge in [0.05, 0.1) is 18.0 Å². The first-order valence-electron chi connectivity index (χ1n) is 6.16. The molecule has 1 atom stereocenters. The zero-order valence-electron chi connectivity index (χ0n) is 11.8. The van der Waals surface area contributed by atoms with Crippen LogP contribution in [0, 0.1) is 0 Å². The van der Waals surface area contributed by atoms with E-state index >= 15 is 0 Å². The van der Waals surface area contributed by atoms with Crippen LogP contribution in [0.3, 0.4) is 0 Å². The number of carbonyl (C=O) groups excluding carboxylic acids is 1. The lowest BCUT2D eigenvalue weighted by atomic mass is 10.3. The van der Waals surface area contributed by atoms with E-state index in [1.165, 1.54) is 18.9 Å². The molecule has 21 heavy (non-hydrogen) atoms. The molecule has 0 saturated heterocycles. The molecule has 8 heteroatoms. The average molecular weight is 327 g/mol. The van der Waals surface area contributed by atoms with Crippen molar-refractivity contribution in [2.75, 3.05) is 12.4 Å². The number of aromatic nitrogens is 3. The van der Waals surface area contributed by atoms with E-state index in [1.807, 2.05) is 7.05 Å². The van der Waals surface area contributed by atoms with E-state index < -0.39 is 0 Å². The zero-order chi connectivity index (χ0) is 15.4. The SMILES string of the molecule is COc1ccc(Cl)cc1NC(=O)[C@@H](C)Sc1nncn1C. The van der Waals surface area contributed by atoms with Crippen LogP contribution in [-0.2, 0) is 11.8 Å². The number of aryl methyl sites for hydroxylation is 1. The number of nitrogens with one attached hydrogen (secondary N) is 1. The lowest BCUT2D eigenvalue weighted by Gasteiger charge is -2.14. The van der Waals surface area contributed by atoms with Crippen molar-refractivity contribution in [2.45, 2.75) is 17.3 Å². The monoisotopic (exact) mass is 326 g/mol. The summed E-state index contributed by atoms with van der Waals surface area (Å²) in [5, 5.41) is 11.4. The second-order valence-electron chi connectivity index (χ2n) is 4.32. The highest BCUT2D eigenvalue weighted by Crippen LogP contribution is 2.29. The molecule has 6 nitrogen and oxygen atoms in total. The van der Waals surface area contributed by atoms with Crippen LogP contribution in [0.15, 0.2) is 29.7 Å². The van der Waals surface area contributed by atoms with Gasteiger partial charge in [-0.15, -0.1) is 10.2 Å². The van der Waals surface area contributed by atoms with Crippen LogP contribution in [0.5, 0.6) is 5.75 Å². The van der Waals surface area contributed by atoms with E-state index in [1.54, 1.807) is 36.0 Å². The average Bonchev–Trinajstić information content (AvgIpc) is 2.84. The van der Waals surface area contributed by atoms with E-state index in [0.717, 1.165) is 0 Å². The molecule has 0 radical (unpaired) electrons. The summed E-state index contributed by atoms with van der Waals surface area (Å²) in [7, 11) is 3.36. The number of methoxy groups -OCH3 is 1. The Kier molecular flexibility index (Phi) is 5.08. The summed E-state index contributed by atoms with van der Waals surface area (Å²) in [5.41, 5.74) is 0.542. The molecule has 1 heterocycles. The first-order valence-corrected chi connectivity index (χ1v) is 7.42. The molecule has 0 bridgehead atoms. The van der Waals surface area contributed by atoms with Crippen molar-refractivity contribution in [3.05, 3.63) is 29.5 Å². The number of thioether (sulfide) groups is 1. The number of halogens is 1. The van der Waals surface area contributed by atoms with Crippen molar-refractivity contribution in [3.63, 3.8) is 0 Å². The first kappa shape index (κ1) is 15.7.